The Bertz CT molecular complexity index is 718. The van der Waals surface area contributed by atoms with Crippen molar-refractivity contribution < 1.29 is 4.74 Å². The fraction of sp³-hybridized carbons (Fsp3) is 0.368. The summed E-state index contributed by atoms with van der Waals surface area (Å²) in [5.41, 5.74) is 5.57. The average molecular weight is 307 g/mol. The zero-order valence-electron chi connectivity index (χ0n) is 13.6. The summed E-state index contributed by atoms with van der Waals surface area (Å²) in [5, 5.41) is 8.72. The molecule has 1 aliphatic heterocycles. The van der Waals surface area contributed by atoms with Crippen molar-refractivity contribution >= 4 is 5.69 Å². The van der Waals surface area contributed by atoms with Crippen LogP contribution < -0.4 is 4.90 Å². The highest BCUT2D eigenvalue weighted by atomic mass is 16.5. The number of anilines is 1. The van der Waals surface area contributed by atoms with Crippen molar-refractivity contribution in [3.63, 3.8) is 0 Å². The second-order valence-electron chi connectivity index (χ2n) is 5.99. The molecule has 0 N–H and O–H groups in total. The monoisotopic (exact) mass is 307 g/mol. The summed E-state index contributed by atoms with van der Waals surface area (Å²) in [5.74, 6) is 0. The van der Waals surface area contributed by atoms with Crippen LogP contribution in [0.4, 0.5) is 5.69 Å². The molecule has 0 bridgehead atoms. The van der Waals surface area contributed by atoms with Gasteiger partial charge in [0, 0.05) is 30.0 Å². The Labute approximate surface area is 137 Å². The van der Waals surface area contributed by atoms with E-state index in [1.165, 1.54) is 16.8 Å². The number of aromatic nitrogens is 1. The SMILES string of the molecule is Cc1cc(N2CCOC[C@H]2C)ccc1-c1ccc(CC#N)nc1. The van der Waals surface area contributed by atoms with Gasteiger partial charge in [0.25, 0.3) is 0 Å². The first-order chi connectivity index (χ1) is 11.2. The Hall–Kier alpha value is -2.38. The molecule has 0 unspecified atom stereocenters. The Kier molecular flexibility index (Phi) is 4.59. The van der Waals surface area contributed by atoms with Gasteiger partial charge in [-0.15, -0.1) is 0 Å². The normalized spacial score (nSPS) is 17.8. The van der Waals surface area contributed by atoms with Crippen LogP contribution in [-0.4, -0.2) is 30.8 Å². The largest absolute Gasteiger partial charge is 0.377 e. The number of pyridine rings is 1. The molecular formula is C19H21N3O. The number of ether oxygens (including phenoxy) is 1. The standard InChI is InChI=1S/C19H21N3O/c1-14-11-18(22-9-10-23-13-15(22)2)5-6-19(14)16-3-4-17(7-8-20)21-12-16/h3-6,11-12,15H,7,9-10,13H2,1-2H3/t15-/m1/s1. The Morgan fingerprint density at radius 2 is 2.22 bits per heavy atom. The number of rotatable bonds is 3. The van der Waals surface area contributed by atoms with Crippen LogP contribution >= 0.6 is 0 Å². The quantitative estimate of drug-likeness (QED) is 0.872. The van der Waals surface area contributed by atoms with Gasteiger partial charge in [0.2, 0.25) is 0 Å². The van der Waals surface area contributed by atoms with E-state index in [1.807, 2.05) is 18.3 Å². The molecule has 1 saturated heterocycles. The van der Waals surface area contributed by atoms with E-state index < -0.39 is 0 Å². The number of aryl methyl sites for hydroxylation is 1. The molecule has 3 rings (SSSR count). The number of nitrogens with zero attached hydrogens (tertiary/aromatic N) is 3. The van der Waals surface area contributed by atoms with Gasteiger partial charge >= 0.3 is 0 Å². The molecule has 23 heavy (non-hydrogen) atoms. The Morgan fingerprint density at radius 1 is 1.35 bits per heavy atom. The highest BCUT2D eigenvalue weighted by Gasteiger charge is 2.19. The van der Waals surface area contributed by atoms with Gasteiger partial charge in [-0.2, -0.15) is 5.26 Å². The number of hydrogen-bond acceptors (Lipinski definition) is 4. The molecule has 4 heteroatoms. The summed E-state index contributed by atoms with van der Waals surface area (Å²) in [4.78, 5) is 6.76. The van der Waals surface area contributed by atoms with Crippen molar-refractivity contribution in [2.24, 2.45) is 0 Å². The maximum absolute atomic E-state index is 8.72. The van der Waals surface area contributed by atoms with Crippen LogP contribution in [0.1, 0.15) is 18.2 Å². The lowest BCUT2D eigenvalue weighted by Gasteiger charge is -2.35. The summed E-state index contributed by atoms with van der Waals surface area (Å²) in [6.45, 7) is 6.83. The van der Waals surface area contributed by atoms with Gasteiger partial charge in [-0.1, -0.05) is 12.1 Å². The highest BCUT2D eigenvalue weighted by Crippen LogP contribution is 2.28. The summed E-state index contributed by atoms with van der Waals surface area (Å²) >= 11 is 0. The molecule has 1 fully saturated rings. The van der Waals surface area contributed by atoms with Gasteiger partial charge in [0.1, 0.15) is 0 Å². The number of nitriles is 1. The molecule has 2 heterocycles. The number of morpholine rings is 1. The van der Waals surface area contributed by atoms with Crippen LogP contribution in [0, 0.1) is 18.3 Å². The van der Waals surface area contributed by atoms with E-state index in [9.17, 15) is 0 Å². The third-order valence-electron chi connectivity index (χ3n) is 4.31. The zero-order chi connectivity index (χ0) is 16.2. The molecule has 4 nitrogen and oxygen atoms in total. The maximum Gasteiger partial charge on any atom is 0.0774 e. The van der Waals surface area contributed by atoms with Crippen LogP contribution in [0.3, 0.4) is 0 Å². The number of benzene rings is 1. The van der Waals surface area contributed by atoms with E-state index in [-0.39, 0.29) is 0 Å². The lowest BCUT2D eigenvalue weighted by atomic mass is 10.0. The van der Waals surface area contributed by atoms with E-state index in [4.69, 9.17) is 10.00 Å². The summed E-state index contributed by atoms with van der Waals surface area (Å²) in [6, 6.07) is 13.1. The molecule has 1 aliphatic rings. The molecule has 0 spiro atoms. The summed E-state index contributed by atoms with van der Waals surface area (Å²) < 4.78 is 5.51. The third kappa shape index (κ3) is 3.35. The lowest BCUT2D eigenvalue weighted by Crippen LogP contribution is -2.43. The molecule has 2 aromatic rings. The van der Waals surface area contributed by atoms with Crippen molar-refractivity contribution in [2.75, 3.05) is 24.7 Å². The van der Waals surface area contributed by atoms with Gasteiger partial charge in [-0.25, -0.2) is 0 Å². The molecule has 0 amide bonds. The molecule has 1 aromatic heterocycles. The van der Waals surface area contributed by atoms with Crippen LogP contribution in [0.5, 0.6) is 0 Å². The Morgan fingerprint density at radius 3 is 2.87 bits per heavy atom. The molecule has 0 radical (unpaired) electrons. The van der Waals surface area contributed by atoms with Crippen LogP contribution in [0.25, 0.3) is 11.1 Å². The third-order valence-corrected chi connectivity index (χ3v) is 4.31. The topological polar surface area (TPSA) is 49.1 Å². The van der Waals surface area contributed by atoms with E-state index in [1.54, 1.807) is 0 Å². The van der Waals surface area contributed by atoms with Gasteiger partial charge in [-0.3, -0.25) is 4.98 Å². The fourth-order valence-electron chi connectivity index (χ4n) is 3.03. The minimum Gasteiger partial charge on any atom is -0.377 e. The molecule has 0 aliphatic carbocycles. The smallest absolute Gasteiger partial charge is 0.0774 e. The van der Waals surface area contributed by atoms with E-state index in [0.29, 0.717) is 12.5 Å². The molecule has 0 saturated carbocycles. The molecular weight excluding hydrogens is 286 g/mol. The lowest BCUT2D eigenvalue weighted by molar-refractivity contribution is 0.0989. The van der Waals surface area contributed by atoms with Crippen molar-refractivity contribution in [3.8, 4) is 17.2 Å². The van der Waals surface area contributed by atoms with Crippen LogP contribution in [0.15, 0.2) is 36.5 Å². The summed E-state index contributed by atoms with van der Waals surface area (Å²) in [6.07, 6.45) is 2.21. The van der Waals surface area contributed by atoms with E-state index >= 15 is 0 Å². The van der Waals surface area contributed by atoms with E-state index in [2.05, 4.69) is 48.0 Å². The number of hydrogen-bond donors (Lipinski definition) is 0. The van der Waals surface area contributed by atoms with Crippen molar-refractivity contribution in [1.82, 2.24) is 4.98 Å². The average Bonchev–Trinajstić information content (AvgIpc) is 2.56. The van der Waals surface area contributed by atoms with Gasteiger partial charge in [0.05, 0.1) is 31.4 Å². The molecule has 1 atom stereocenters. The van der Waals surface area contributed by atoms with Crippen LogP contribution in [0.2, 0.25) is 0 Å². The molecule has 118 valence electrons. The van der Waals surface area contributed by atoms with Crippen molar-refractivity contribution in [1.29, 1.82) is 5.26 Å². The molecule has 1 aromatic carbocycles. The minimum atomic E-state index is 0.354. The van der Waals surface area contributed by atoms with Crippen LogP contribution in [-0.2, 0) is 11.2 Å². The summed E-state index contributed by atoms with van der Waals surface area (Å²) in [7, 11) is 0. The first-order valence-electron chi connectivity index (χ1n) is 7.96. The predicted molar refractivity (Wildman–Crippen MR) is 91.4 cm³/mol. The van der Waals surface area contributed by atoms with Gasteiger partial charge in [-0.05, 0) is 43.2 Å². The second-order valence-corrected chi connectivity index (χ2v) is 5.99. The minimum absolute atomic E-state index is 0.354. The second kappa shape index (κ2) is 6.80. The first kappa shape index (κ1) is 15.5. The van der Waals surface area contributed by atoms with Crippen molar-refractivity contribution in [2.45, 2.75) is 26.3 Å². The fourth-order valence-corrected chi connectivity index (χ4v) is 3.03. The van der Waals surface area contributed by atoms with E-state index in [0.717, 1.165) is 31.0 Å². The van der Waals surface area contributed by atoms with Gasteiger partial charge in [0.15, 0.2) is 0 Å². The predicted octanol–water partition coefficient (Wildman–Crippen LogP) is 3.35. The van der Waals surface area contributed by atoms with Crippen molar-refractivity contribution in [3.05, 3.63) is 47.8 Å². The first-order valence-corrected chi connectivity index (χ1v) is 7.96. The maximum atomic E-state index is 8.72. The Balaban J connectivity index is 1.85. The van der Waals surface area contributed by atoms with Gasteiger partial charge < -0.3 is 9.64 Å². The zero-order valence-corrected chi connectivity index (χ0v) is 13.6. The highest BCUT2D eigenvalue weighted by molar-refractivity contribution is 5.70.